The predicted molar refractivity (Wildman–Crippen MR) is 59.0 cm³/mol. The molecule has 0 saturated carbocycles. The van der Waals surface area contributed by atoms with Crippen LogP contribution in [0.25, 0.3) is 0 Å². The lowest BCUT2D eigenvalue weighted by Gasteiger charge is -2.29. The zero-order chi connectivity index (χ0) is 10.7. The normalized spacial score (nSPS) is 16.8. The van der Waals surface area contributed by atoms with Crippen molar-refractivity contribution in [1.82, 2.24) is 0 Å². The number of nitrogens with zero attached hydrogens (tertiary/aromatic N) is 1. The average Bonchev–Trinajstić information content (AvgIpc) is 2.30. The molecule has 4 heteroatoms. The second kappa shape index (κ2) is 4.81. The summed E-state index contributed by atoms with van der Waals surface area (Å²) in [4.78, 5) is 2.00. The molecule has 0 spiro atoms. The Hall–Kier alpha value is -0.800. The van der Waals surface area contributed by atoms with E-state index in [1.54, 1.807) is 6.07 Å². The number of rotatable bonds is 2. The summed E-state index contributed by atoms with van der Waals surface area (Å²) in [6.45, 7) is 2.82. The van der Waals surface area contributed by atoms with Crippen molar-refractivity contribution >= 4 is 17.3 Å². The second-order valence-corrected chi connectivity index (χ2v) is 3.79. The van der Waals surface area contributed by atoms with Crippen molar-refractivity contribution in [1.29, 1.82) is 0 Å². The molecule has 1 heterocycles. The maximum absolute atomic E-state index is 13.7. The van der Waals surface area contributed by atoms with E-state index in [0.717, 1.165) is 18.7 Å². The van der Waals surface area contributed by atoms with Gasteiger partial charge >= 0.3 is 0 Å². The third kappa shape index (κ3) is 2.41. The number of hydrogen-bond donors (Lipinski definition) is 0. The highest BCUT2D eigenvalue weighted by Crippen LogP contribution is 2.22. The van der Waals surface area contributed by atoms with E-state index in [9.17, 15) is 4.39 Å². The summed E-state index contributed by atoms with van der Waals surface area (Å²) < 4.78 is 18.9. The maximum Gasteiger partial charge on any atom is 0.146 e. The van der Waals surface area contributed by atoms with Crippen LogP contribution in [0, 0.1) is 5.82 Å². The number of alkyl halides is 1. The molecule has 0 bridgehead atoms. The minimum absolute atomic E-state index is 0.199. The van der Waals surface area contributed by atoms with Gasteiger partial charge in [0.25, 0.3) is 0 Å². The van der Waals surface area contributed by atoms with Crippen LogP contribution in [-0.2, 0) is 10.6 Å². The molecule has 1 fully saturated rings. The first kappa shape index (κ1) is 10.7. The van der Waals surface area contributed by atoms with E-state index in [1.807, 2.05) is 11.0 Å². The molecule has 0 radical (unpaired) electrons. The maximum atomic E-state index is 13.7. The van der Waals surface area contributed by atoms with Gasteiger partial charge in [-0.15, -0.1) is 11.6 Å². The minimum atomic E-state index is -0.199. The molecule has 0 aromatic heterocycles. The first-order valence-corrected chi connectivity index (χ1v) is 5.52. The Bertz CT molecular complexity index is 339. The first-order valence-electron chi connectivity index (χ1n) is 4.98. The number of morpholine rings is 1. The van der Waals surface area contributed by atoms with Crippen LogP contribution >= 0.6 is 11.6 Å². The van der Waals surface area contributed by atoms with Gasteiger partial charge in [-0.25, -0.2) is 4.39 Å². The van der Waals surface area contributed by atoms with Gasteiger partial charge in [0.2, 0.25) is 0 Å². The van der Waals surface area contributed by atoms with Crippen LogP contribution in [-0.4, -0.2) is 26.3 Å². The first-order chi connectivity index (χ1) is 7.31. The van der Waals surface area contributed by atoms with Crippen molar-refractivity contribution in [2.75, 3.05) is 31.2 Å². The lowest BCUT2D eigenvalue weighted by Crippen LogP contribution is -2.36. The van der Waals surface area contributed by atoms with E-state index in [4.69, 9.17) is 16.3 Å². The van der Waals surface area contributed by atoms with Gasteiger partial charge in [0.05, 0.1) is 18.9 Å². The molecule has 0 unspecified atom stereocenters. The quantitative estimate of drug-likeness (QED) is 0.723. The molecule has 1 aliphatic heterocycles. The topological polar surface area (TPSA) is 12.5 Å². The van der Waals surface area contributed by atoms with Crippen LogP contribution in [0.1, 0.15) is 5.56 Å². The van der Waals surface area contributed by atoms with Gasteiger partial charge in [0.15, 0.2) is 0 Å². The Kier molecular flexibility index (Phi) is 3.44. The van der Waals surface area contributed by atoms with E-state index < -0.39 is 0 Å². The molecule has 1 aliphatic rings. The van der Waals surface area contributed by atoms with Crippen LogP contribution in [0.4, 0.5) is 10.1 Å². The molecule has 15 heavy (non-hydrogen) atoms. The van der Waals surface area contributed by atoms with Gasteiger partial charge in [0.1, 0.15) is 5.82 Å². The van der Waals surface area contributed by atoms with E-state index >= 15 is 0 Å². The Morgan fingerprint density at radius 2 is 2.07 bits per heavy atom. The SMILES string of the molecule is Fc1cc(CCl)ccc1N1CCOCC1. The van der Waals surface area contributed by atoms with Crippen molar-refractivity contribution < 1.29 is 9.13 Å². The van der Waals surface area contributed by atoms with Crippen LogP contribution in [0.15, 0.2) is 18.2 Å². The van der Waals surface area contributed by atoms with Gasteiger partial charge in [-0.05, 0) is 17.7 Å². The number of ether oxygens (including phenoxy) is 1. The number of anilines is 1. The summed E-state index contributed by atoms with van der Waals surface area (Å²) >= 11 is 5.64. The van der Waals surface area contributed by atoms with E-state index in [2.05, 4.69) is 0 Å². The number of hydrogen-bond acceptors (Lipinski definition) is 2. The third-order valence-electron chi connectivity index (χ3n) is 2.52. The molecular weight excluding hydrogens is 217 g/mol. The summed E-state index contributed by atoms with van der Waals surface area (Å²) in [6, 6.07) is 5.15. The summed E-state index contributed by atoms with van der Waals surface area (Å²) in [5.41, 5.74) is 1.46. The van der Waals surface area contributed by atoms with E-state index in [-0.39, 0.29) is 5.82 Å². The largest absolute Gasteiger partial charge is 0.378 e. The molecule has 1 aromatic rings. The molecule has 2 rings (SSSR count). The molecule has 0 amide bonds. The molecule has 82 valence electrons. The molecule has 0 N–H and O–H groups in total. The van der Waals surface area contributed by atoms with Gasteiger partial charge < -0.3 is 9.64 Å². The smallest absolute Gasteiger partial charge is 0.146 e. The van der Waals surface area contributed by atoms with Gasteiger partial charge in [-0.2, -0.15) is 0 Å². The highest BCUT2D eigenvalue weighted by molar-refractivity contribution is 6.17. The number of halogens is 2. The molecule has 0 aliphatic carbocycles. The summed E-state index contributed by atoms with van der Waals surface area (Å²) in [5, 5.41) is 0. The number of benzene rings is 1. The second-order valence-electron chi connectivity index (χ2n) is 3.52. The van der Waals surface area contributed by atoms with Crippen molar-refractivity contribution in [3.8, 4) is 0 Å². The Morgan fingerprint density at radius 1 is 1.33 bits per heavy atom. The predicted octanol–water partition coefficient (Wildman–Crippen LogP) is 2.40. The average molecular weight is 230 g/mol. The van der Waals surface area contributed by atoms with Crippen LogP contribution in [0.2, 0.25) is 0 Å². The van der Waals surface area contributed by atoms with Gasteiger partial charge in [0, 0.05) is 19.0 Å². The van der Waals surface area contributed by atoms with E-state index in [1.165, 1.54) is 6.07 Å². The molecule has 0 atom stereocenters. The van der Waals surface area contributed by atoms with Crippen LogP contribution in [0.3, 0.4) is 0 Å². The summed E-state index contributed by atoms with van der Waals surface area (Å²) in [6.07, 6.45) is 0. The Morgan fingerprint density at radius 3 is 2.67 bits per heavy atom. The fraction of sp³-hybridized carbons (Fsp3) is 0.455. The van der Waals surface area contributed by atoms with Gasteiger partial charge in [-0.3, -0.25) is 0 Å². The van der Waals surface area contributed by atoms with Crippen LogP contribution in [0.5, 0.6) is 0 Å². The standard InChI is InChI=1S/C11H13ClFNO/c12-8-9-1-2-11(10(13)7-9)14-3-5-15-6-4-14/h1-2,7H,3-6,8H2. The third-order valence-corrected chi connectivity index (χ3v) is 2.83. The zero-order valence-corrected chi connectivity index (χ0v) is 9.13. The van der Waals surface area contributed by atoms with Crippen molar-refractivity contribution in [3.63, 3.8) is 0 Å². The lowest BCUT2D eigenvalue weighted by atomic mass is 10.2. The van der Waals surface area contributed by atoms with Crippen LogP contribution < -0.4 is 4.90 Å². The molecule has 2 nitrogen and oxygen atoms in total. The Balaban J connectivity index is 2.19. The minimum Gasteiger partial charge on any atom is -0.378 e. The zero-order valence-electron chi connectivity index (χ0n) is 8.38. The fourth-order valence-corrected chi connectivity index (χ4v) is 1.86. The summed E-state index contributed by atoms with van der Waals surface area (Å²) in [5.74, 6) is 0.149. The molecule has 1 saturated heterocycles. The summed E-state index contributed by atoms with van der Waals surface area (Å²) in [7, 11) is 0. The van der Waals surface area contributed by atoms with Crippen molar-refractivity contribution in [2.45, 2.75) is 5.88 Å². The Labute approximate surface area is 93.6 Å². The van der Waals surface area contributed by atoms with E-state index in [0.29, 0.717) is 24.8 Å². The van der Waals surface area contributed by atoms with Crippen molar-refractivity contribution in [3.05, 3.63) is 29.6 Å². The van der Waals surface area contributed by atoms with Crippen molar-refractivity contribution in [2.24, 2.45) is 0 Å². The lowest BCUT2D eigenvalue weighted by molar-refractivity contribution is 0.122. The molecule has 1 aromatic carbocycles. The monoisotopic (exact) mass is 229 g/mol. The highest BCUT2D eigenvalue weighted by Gasteiger charge is 2.14. The fourth-order valence-electron chi connectivity index (χ4n) is 1.69. The highest BCUT2D eigenvalue weighted by atomic mass is 35.5. The van der Waals surface area contributed by atoms with Gasteiger partial charge in [-0.1, -0.05) is 6.07 Å². The molecular formula is C11H13ClFNO.